The highest BCUT2D eigenvalue weighted by Gasteiger charge is 2.22. The predicted octanol–water partition coefficient (Wildman–Crippen LogP) is 6.45. The zero-order valence-electron chi connectivity index (χ0n) is 17.2. The van der Waals surface area contributed by atoms with Gasteiger partial charge in [-0.2, -0.15) is 0 Å². The maximum absolute atomic E-state index is 13.0. The lowest BCUT2D eigenvalue weighted by molar-refractivity contribution is 0.102. The normalized spacial score (nSPS) is 12.4. The van der Waals surface area contributed by atoms with Crippen molar-refractivity contribution >= 4 is 33.1 Å². The van der Waals surface area contributed by atoms with Crippen LogP contribution in [0.5, 0.6) is 0 Å². The first-order chi connectivity index (χ1) is 12.4. The Morgan fingerprint density at radius 3 is 2.07 bits per heavy atom. The van der Waals surface area contributed by atoms with E-state index in [-0.39, 0.29) is 16.7 Å². The number of nitrogens with one attached hydrogen (secondary N) is 1. The molecule has 0 aliphatic heterocycles. The third-order valence-electron chi connectivity index (χ3n) is 4.68. The molecule has 1 amide bonds. The van der Waals surface area contributed by atoms with Gasteiger partial charge in [-0.25, -0.2) is 4.98 Å². The Morgan fingerprint density at radius 2 is 1.52 bits per heavy atom. The third kappa shape index (κ3) is 4.38. The first-order valence-corrected chi connectivity index (χ1v) is 10.1. The summed E-state index contributed by atoms with van der Waals surface area (Å²) in [5.41, 5.74) is 4.70. The molecule has 2 aromatic carbocycles. The van der Waals surface area contributed by atoms with E-state index < -0.39 is 0 Å². The minimum absolute atomic E-state index is 0.0205. The van der Waals surface area contributed by atoms with Crippen molar-refractivity contribution in [3.63, 3.8) is 0 Å². The van der Waals surface area contributed by atoms with Gasteiger partial charge in [-0.1, -0.05) is 47.6 Å². The summed E-state index contributed by atoms with van der Waals surface area (Å²) in [4.78, 5) is 17.5. The Morgan fingerprint density at radius 1 is 0.926 bits per heavy atom. The van der Waals surface area contributed by atoms with Gasteiger partial charge in [-0.05, 0) is 59.2 Å². The maximum atomic E-state index is 13.0. The van der Waals surface area contributed by atoms with Crippen molar-refractivity contribution in [1.82, 2.24) is 4.98 Å². The SMILES string of the molecule is Cc1nc2cc(NC(=O)c3cc(C(C)(C)C)cc(C(C)(C)C)c3)ccc2s1. The molecule has 0 atom stereocenters. The van der Waals surface area contributed by atoms with Crippen LogP contribution in [0.4, 0.5) is 5.69 Å². The second-order valence-corrected chi connectivity index (χ2v) is 10.4. The quantitative estimate of drug-likeness (QED) is 0.555. The van der Waals surface area contributed by atoms with Crippen LogP contribution < -0.4 is 5.32 Å². The number of aromatic nitrogens is 1. The number of hydrogen-bond acceptors (Lipinski definition) is 3. The van der Waals surface area contributed by atoms with Gasteiger partial charge in [0.25, 0.3) is 5.91 Å². The molecule has 1 aromatic heterocycles. The standard InChI is InChI=1S/C23H28N2OS/c1-14-24-19-13-18(8-9-20(19)27-14)25-21(26)15-10-16(22(2,3)4)12-17(11-15)23(5,6)7/h8-13H,1-7H3,(H,25,26). The van der Waals surface area contributed by atoms with Gasteiger partial charge in [0, 0.05) is 11.3 Å². The van der Waals surface area contributed by atoms with Crippen LogP contribution in [0.25, 0.3) is 10.2 Å². The molecule has 3 nitrogen and oxygen atoms in total. The fraction of sp³-hybridized carbons (Fsp3) is 0.391. The second kappa shape index (κ2) is 6.75. The van der Waals surface area contributed by atoms with Gasteiger partial charge >= 0.3 is 0 Å². The van der Waals surface area contributed by atoms with Gasteiger partial charge in [0.1, 0.15) is 0 Å². The molecule has 142 valence electrons. The summed E-state index contributed by atoms with van der Waals surface area (Å²) in [7, 11) is 0. The molecule has 0 aliphatic rings. The molecule has 1 N–H and O–H groups in total. The number of thiazole rings is 1. The number of aryl methyl sites for hydroxylation is 1. The molecule has 3 aromatic rings. The van der Waals surface area contributed by atoms with Crippen LogP contribution in [0.3, 0.4) is 0 Å². The summed E-state index contributed by atoms with van der Waals surface area (Å²) in [6, 6.07) is 12.1. The lowest BCUT2D eigenvalue weighted by Crippen LogP contribution is -2.20. The van der Waals surface area contributed by atoms with Crippen LogP contribution in [0.15, 0.2) is 36.4 Å². The van der Waals surface area contributed by atoms with Gasteiger partial charge in [0.05, 0.1) is 15.2 Å². The molecule has 0 saturated heterocycles. The summed E-state index contributed by atoms with van der Waals surface area (Å²) in [6.07, 6.45) is 0. The van der Waals surface area contributed by atoms with Crippen molar-refractivity contribution in [3.8, 4) is 0 Å². The smallest absolute Gasteiger partial charge is 0.255 e. The van der Waals surface area contributed by atoms with E-state index in [1.165, 1.54) is 11.1 Å². The highest BCUT2D eigenvalue weighted by molar-refractivity contribution is 7.18. The number of rotatable bonds is 2. The van der Waals surface area contributed by atoms with Crippen molar-refractivity contribution in [2.45, 2.75) is 59.3 Å². The lowest BCUT2D eigenvalue weighted by atomic mass is 9.79. The molecule has 0 aliphatic carbocycles. The van der Waals surface area contributed by atoms with E-state index in [1.54, 1.807) is 11.3 Å². The predicted molar refractivity (Wildman–Crippen MR) is 116 cm³/mol. The lowest BCUT2D eigenvalue weighted by Gasteiger charge is -2.26. The van der Waals surface area contributed by atoms with Gasteiger partial charge in [-0.15, -0.1) is 11.3 Å². The van der Waals surface area contributed by atoms with Crippen LogP contribution in [0.2, 0.25) is 0 Å². The molecule has 27 heavy (non-hydrogen) atoms. The summed E-state index contributed by atoms with van der Waals surface area (Å²) in [5.74, 6) is -0.0853. The first kappa shape index (κ1) is 19.6. The molecule has 0 spiro atoms. The zero-order valence-corrected chi connectivity index (χ0v) is 18.0. The van der Waals surface area contributed by atoms with Crippen LogP contribution in [-0.4, -0.2) is 10.9 Å². The van der Waals surface area contributed by atoms with Gasteiger partial charge in [0.15, 0.2) is 0 Å². The van der Waals surface area contributed by atoms with Crippen LogP contribution in [0.1, 0.15) is 68.0 Å². The minimum atomic E-state index is -0.0853. The number of benzene rings is 2. The van der Waals surface area contributed by atoms with E-state index in [2.05, 4.69) is 57.9 Å². The zero-order chi connectivity index (χ0) is 20.0. The van der Waals surface area contributed by atoms with E-state index >= 15 is 0 Å². The van der Waals surface area contributed by atoms with Gasteiger partial charge in [-0.3, -0.25) is 4.79 Å². The fourth-order valence-corrected chi connectivity index (χ4v) is 3.76. The Kier molecular flexibility index (Phi) is 4.89. The largest absolute Gasteiger partial charge is 0.322 e. The molecule has 0 radical (unpaired) electrons. The minimum Gasteiger partial charge on any atom is -0.322 e. The molecule has 0 bridgehead atoms. The summed E-state index contributed by atoms with van der Waals surface area (Å²) in [5, 5.41) is 4.07. The fourth-order valence-electron chi connectivity index (χ4n) is 2.95. The third-order valence-corrected chi connectivity index (χ3v) is 5.63. The van der Waals surface area contributed by atoms with Crippen molar-refractivity contribution in [2.75, 3.05) is 5.32 Å². The van der Waals surface area contributed by atoms with Gasteiger partial charge < -0.3 is 5.32 Å². The number of fused-ring (bicyclic) bond motifs is 1. The van der Waals surface area contributed by atoms with E-state index in [0.29, 0.717) is 5.56 Å². The molecule has 3 rings (SSSR count). The Labute approximate surface area is 165 Å². The van der Waals surface area contributed by atoms with Crippen molar-refractivity contribution in [2.24, 2.45) is 0 Å². The first-order valence-electron chi connectivity index (χ1n) is 9.28. The number of carbonyl (C=O) groups is 1. The average Bonchev–Trinajstić information content (AvgIpc) is 2.92. The summed E-state index contributed by atoms with van der Waals surface area (Å²) >= 11 is 1.66. The van der Waals surface area contributed by atoms with Crippen molar-refractivity contribution in [1.29, 1.82) is 0 Å². The highest BCUT2D eigenvalue weighted by atomic mass is 32.1. The number of nitrogens with zero attached hydrogens (tertiary/aromatic N) is 1. The molecule has 0 unspecified atom stereocenters. The van der Waals surface area contributed by atoms with Gasteiger partial charge in [0.2, 0.25) is 0 Å². The Hall–Kier alpha value is -2.20. The molecule has 1 heterocycles. The number of hydrogen-bond donors (Lipinski definition) is 1. The molecular weight excluding hydrogens is 352 g/mol. The van der Waals surface area contributed by atoms with Crippen molar-refractivity contribution in [3.05, 3.63) is 58.1 Å². The molecule has 0 fully saturated rings. The van der Waals surface area contributed by atoms with Crippen LogP contribution in [-0.2, 0) is 10.8 Å². The second-order valence-electron chi connectivity index (χ2n) is 9.17. The van der Waals surface area contributed by atoms with Crippen molar-refractivity contribution < 1.29 is 4.79 Å². The number of anilines is 1. The van der Waals surface area contributed by atoms with E-state index in [1.807, 2.05) is 37.3 Å². The molecular formula is C23H28N2OS. The number of amides is 1. The average molecular weight is 381 g/mol. The monoisotopic (exact) mass is 380 g/mol. The Balaban J connectivity index is 1.97. The molecule has 0 saturated carbocycles. The Bertz CT molecular complexity index is 971. The van der Waals surface area contributed by atoms with E-state index in [9.17, 15) is 4.79 Å². The van der Waals surface area contributed by atoms with Crippen LogP contribution >= 0.6 is 11.3 Å². The number of carbonyl (C=O) groups excluding carboxylic acids is 1. The van der Waals surface area contributed by atoms with Crippen LogP contribution in [0, 0.1) is 6.92 Å². The summed E-state index contributed by atoms with van der Waals surface area (Å²) < 4.78 is 1.13. The van der Waals surface area contributed by atoms with E-state index in [4.69, 9.17) is 0 Å². The topological polar surface area (TPSA) is 42.0 Å². The maximum Gasteiger partial charge on any atom is 0.255 e. The molecule has 4 heteroatoms. The summed E-state index contributed by atoms with van der Waals surface area (Å²) in [6.45, 7) is 15.0. The highest BCUT2D eigenvalue weighted by Crippen LogP contribution is 2.31. The van der Waals surface area contributed by atoms with E-state index in [0.717, 1.165) is 20.9 Å².